The van der Waals surface area contributed by atoms with Gasteiger partial charge in [-0.3, -0.25) is 0 Å². The van der Waals surface area contributed by atoms with Crippen molar-refractivity contribution >= 4 is 25.8 Å². The number of sulfone groups is 1. The maximum Gasteiger partial charge on any atom is 0.387 e. The van der Waals surface area contributed by atoms with Crippen LogP contribution in [0, 0.1) is 0 Å². The molecule has 0 aliphatic carbocycles. The summed E-state index contributed by atoms with van der Waals surface area (Å²) in [4.78, 5) is 0. The minimum Gasteiger partial charge on any atom is -0.434 e. The van der Waals surface area contributed by atoms with Gasteiger partial charge in [-0.25, -0.2) is 8.42 Å². The standard InChI is InChI=1S/C13H16BrF2NO3S/c14-10-3-4-12(20-13(15)16)9(6-10)7-17-11-2-1-5-21(18,19)8-11/h3-4,6,11,13,17H,1-2,5,7-8H2. The molecule has 0 radical (unpaired) electrons. The summed E-state index contributed by atoms with van der Waals surface area (Å²) < 4.78 is 53.1. The molecule has 1 saturated heterocycles. The van der Waals surface area contributed by atoms with Crippen LogP contribution in [-0.4, -0.2) is 32.6 Å². The Morgan fingerprint density at radius 2 is 2.19 bits per heavy atom. The minimum absolute atomic E-state index is 0.0893. The van der Waals surface area contributed by atoms with Crippen molar-refractivity contribution in [2.45, 2.75) is 32.0 Å². The van der Waals surface area contributed by atoms with Crippen LogP contribution in [0.5, 0.6) is 5.75 Å². The Kier molecular flexibility index (Phi) is 5.56. The topological polar surface area (TPSA) is 55.4 Å². The third-order valence-corrected chi connectivity index (χ3v) is 5.60. The molecule has 1 aromatic carbocycles. The molecule has 1 heterocycles. The third kappa shape index (κ3) is 5.19. The van der Waals surface area contributed by atoms with E-state index < -0.39 is 16.4 Å². The second kappa shape index (κ2) is 7.02. The SMILES string of the molecule is O=S1(=O)CCCC(NCc2cc(Br)ccc2OC(F)F)C1. The lowest BCUT2D eigenvalue weighted by molar-refractivity contribution is -0.0505. The van der Waals surface area contributed by atoms with E-state index in [0.717, 1.165) is 10.9 Å². The quantitative estimate of drug-likeness (QED) is 0.849. The third-order valence-electron chi connectivity index (χ3n) is 3.28. The molecule has 21 heavy (non-hydrogen) atoms. The van der Waals surface area contributed by atoms with E-state index in [0.29, 0.717) is 12.0 Å². The Bertz CT molecular complexity index is 595. The molecule has 0 amide bonds. The van der Waals surface area contributed by atoms with Crippen LogP contribution in [0.2, 0.25) is 0 Å². The second-order valence-electron chi connectivity index (χ2n) is 4.96. The number of hydrogen-bond donors (Lipinski definition) is 1. The molecule has 0 aromatic heterocycles. The normalized spacial score (nSPS) is 21.4. The Morgan fingerprint density at radius 3 is 2.86 bits per heavy atom. The first kappa shape index (κ1) is 16.6. The van der Waals surface area contributed by atoms with Gasteiger partial charge in [0.1, 0.15) is 5.75 Å². The predicted molar refractivity (Wildman–Crippen MR) is 79.3 cm³/mol. The van der Waals surface area contributed by atoms with Crippen molar-refractivity contribution < 1.29 is 21.9 Å². The van der Waals surface area contributed by atoms with Crippen LogP contribution in [0.15, 0.2) is 22.7 Å². The molecule has 0 spiro atoms. The predicted octanol–water partition coefficient (Wildman–Crippen LogP) is 2.72. The van der Waals surface area contributed by atoms with Crippen molar-refractivity contribution in [3.8, 4) is 5.75 Å². The van der Waals surface area contributed by atoms with Crippen LogP contribution >= 0.6 is 15.9 Å². The molecular formula is C13H16BrF2NO3S. The Balaban J connectivity index is 2.03. The zero-order valence-electron chi connectivity index (χ0n) is 11.2. The first-order chi connectivity index (χ1) is 9.85. The van der Waals surface area contributed by atoms with Gasteiger partial charge in [0.2, 0.25) is 0 Å². The summed E-state index contributed by atoms with van der Waals surface area (Å²) in [6.07, 6.45) is 1.39. The Hall–Kier alpha value is -0.730. The van der Waals surface area contributed by atoms with Crippen molar-refractivity contribution in [3.63, 3.8) is 0 Å². The molecule has 1 aliphatic rings. The zero-order chi connectivity index (χ0) is 15.5. The highest BCUT2D eigenvalue weighted by Gasteiger charge is 2.24. The molecular weight excluding hydrogens is 368 g/mol. The number of nitrogens with one attached hydrogen (secondary N) is 1. The van der Waals surface area contributed by atoms with Crippen molar-refractivity contribution in [2.75, 3.05) is 11.5 Å². The van der Waals surface area contributed by atoms with E-state index in [1.807, 2.05) is 0 Å². The number of alkyl halides is 2. The van der Waals surface area contributed by atoms with E-state index in [9.17, 15) is 17.2 Å². The minimum atomic E-state index is -3.00. The van der Waals surface area contributed by atoms with Crippen molar-refractivity contribution in [1.82, 2.24) is 5.32 Å². The molecule has 118 valence electrons. The maximum atomic E-state index is 12.4. The van der Waals surface area contributed by atoms with Gasteiger partial charge >= 0.3 is 6.61 Å². The number of halogens is 3. The average molecular weight is 384 g/mol. The van der Waals surface area contributed by atoms with Gasteiger partial charge in [-0.15, -0.1) is 0 Å². The highest BCUT2D eigenvalue weighted by Crippen LogP contribution is 2.25. The van der Waals surface area contributed by atoms with Gasteiger partial charge in [0, 0.05) is 22.6 Å². The highest BCUT2D eigenvalue weighted by molar-refractivity contribution is 9.10. The first-order valence-electron chi connectivity index (χ1n) is 6.53. The molecule has 1 N–H and O–H groups in total. The number of hydrogen-bond acceptors (Lipinski definition) is 4. The van der Waals surface area contributed by atoms with Gasteiger partial charge in [-0.05, 0) is 31.0 Å². The van der Waals surface area contributed by atoms with Crippen molar-refractivity contribution in [3.05, 3.63) is 28.2 Å². The summed E-state index contributed by atoms with van der Waals surface area (Å²) in [6, 6.07) is 4.61. The summed E-state index contributed by atoms with van der Waals surface area (Å²) >= 11 is 3.28. The number of ether oxygens (including phenoxy) is 1. The van der Waals surface area contributed by atoms with Crippen LogP contribution in [0.4, 0.5) is 8.78 Å². The van der Waals surface area contributed by atoms with E-state index in [4.69, 9.17) is 0 Å². The molecule has 1 aliphatic heterocycles. The number of benzene rings is 1. The smallest absolute Gasteiger partial charge is 0.387 e. The van der Waals surface area contributed by atoms with E-state index in [-0.39, 0.29) is 29.8 Å². The summed E-state index contributed by atoms with van der Waals surface area (Å²) in [7, 11) is -3.00. The summed E-state index contributed by atoms with van der Waals surface area (Å²) in [6.45, 7) is -2.61. The van der Waals surface area contributed by atoms with Gasteiger partial charge < -0.3 is 10.1 Å². The molecule has 8 heteroatoms. The fourth-order valence-corrected chi connectivity index (χ4v) is 4.41. The molecule has 1 unspecified atom stereocenters. The summed E-state index contributed by atoms with van der Waals surface area (Å²) in [5.74, 6) is 0.410. The highest BCUT2D eigenvalue weighted by atomic mass is 79.9. The fraction of sp³-hybridized carbons (Fsp3) is 0.538. The van der Waals surface area contributed by atoms with Crippen LogP contribution < -0.4 is 10.1 Å². The summed E-state index contributed by atoms with van der Waals surface area (Å²) in [5, 5.41) is 3.11. The Morgan fingerprint density at radius 1 is 1.43 bits per heavy atom. The van der Waals surface area contributed by atoms with E-state index in [1.165, 1.54) is 6.07 Å². The van der Waals surface area contributed by atoms with Crippen molar-refractivity contribution in [1.29, 1.82) is 0 Å². The van der Waals surface area contributed by atoms with Gasteiger partial charge in [-0.2, -0.15) is 8.78 Å². The molecule has 0 bridgehead atoms. The largest absolute Gasteiger partial charge is 0.434 e. The van der Waals surface area contributed by atoms with Gasteiger partial charge in [0.05, 0.1) is 11.5 Å². The first-order valence-corrected chi connectivity index (χ1v) is 9.14. The molecule has 0 saturated carbocycles. The van der Waals surface area contributed by atoms with Gasteiger partial charge in [-0.1, -0.05) is 15.9 Å². The second-order valence-corrected chi connectivity index (χ2v) is 8.11. The van der Waals surface area contributed by atoms with Gasteiger partial charge in [0.25, 0.3) is 0 Å². The van der Waals surface area contributed by atoms with Crippen LogP contribution in [0.25, 0.3) is 0 Å². The van der Waals surface area contributed by atoms with Crippen LogP contribution in [0.1, 0.15) is 18.4 Å². The Labute approximate surface area is 130 Å². The molecule has 1 aromatic rings. The lowest BCUT2D eigenvalue weighted by Gasteiger charge is -2.23. The molecule has 4 nitrogen and oxygen atoms in total. The zero-order valence-corrected chi connectivity index (χ0v) is 13.6. The fourth-order valence-electron chi connectivity index (χ4n) is 2.34. The average Bonchev–Trinajstić information content (AvgIpc) is 2.37. The van der Waals surface area contributed by atoms with E-state index >= 15 is 0 Å². The molecule has 1 fully saturated rings. The number of rotatable bonds is 5. The van der Waals surface area contributed by atoms with E-state index in [2.05, 4.69) is 26.0 Å². The lowest BCUT2D eigenvalue weighted by atomic mass is 10.1. The van der Waals surface area contributed by atoms with Crippen molar-refractivity contribution in [2.24, 2.45) is 0 Å². The maximum absolute atomic E-state index is 12.4. The molecule has 2 rings (SSSR count). The summed E-state index contributed by atoms with van der Waals surface area (Å²) in [5.41, 5.74) is 0.563. The monoisotopic (exact) mass is 383 g/mol. The van der Waals surface area contributed by atoms with Gasteiger partial charge in [0.15, 0.2) is 9.84 Å². The molecule has 1 atom stereocenters. The van der Waals surface area contributed by atoms with Crippen LogP contribution in [-0.2, 0) is 16.4 Å². The van der Waals surface area contributed by atoms with E-state index in [1.54, 1.807) is 12.1 Å². The van der Waals surface area contributed by atoms with Crippen LogP contribution in [0.3, 0.4) is 0 Å². The lowest BCUT2D eigenvalue weighted by Crippen LogP contribution is -2.39.